The Morgan fingerprint density at radius 3 is 1.31 bits per heavy atom. The summed E-state index contributed by atoms with van der Waals surface area (Å²) in [6.45, 7) is 33.7. The highest BCUT2D eigenvalue weighted by molar-refractivity contribution is 6.35. The summed E-state index contributed by atoms with van der Waals surface area (Å²) in [6.07, 6.45) is 8.52. The molecule has 702 valence electrons. The van der Waals surface area contributed by atoms with Gasteiger partial charge in [-0.1, -0.05) is 169 Å². The Kier molecular flexibility index (Phi) is 30.5. The predicted molar refractivity (Wildman–Crippen MR) is 514 cm³/mol. The van der Waals surface area contributed by atoms with Crippen molar-refractivity contribution in [2.24, 2.45) is 0 Å². The molecule has 19 rings (SSSR count). The van der Waals surface area contributed by atoms with Gasteiger partial charge >= 0.3 is 36.3 Å². The van der Waals surface area contributed by atoms with E-state index in [1.807, 2.05) is 129 Å². The van der Waals surface area contributed by atoms with E-state index in [2.05, 4.69) is 117 Å². The molecular formula is C104H120Cl2N16O12. The van der Waals surface area contributed by atoms with Crippen molar-refractivity contribution in [1.82, 2.24) is 59.3 Å². The predicted octanol–water partition coefficient (Wildman–Crippen LogP) is 17.8. The highest BCUT2D eigenvalue weighted by atomic mass is 35.5. The second-order valence-corrected chi connectivity index (χ2v) is 38.2. The van der Waals surface area contributed by atoms with Gasteiger partial charge in [0.15, 0.2) is 0 Å². The van der Waals surface area contributed by atoms with Gasteiger partial charge in [0.05, 0.1) is 60.9 Å². The summed E-state index contributed by atoms with van der Waals surface area (Å²) in [5.74, 6) is 1.67. The van der Waals surface area contributed by atoms with Crippen LogP contribution in [0.1, 0.15) is 169 Å². The lowest BCUT2D eigenvalue weighted by Crippen LogP contribution is -2.57. The van der Waals surface area contributed by atoms with Crippen LogP contribution in [0.5, 0.6) is 18.0 Å². The molecule has 10 aromatic rings. The minimum Gasteiger partial charge on any atom is -0.462 e. The van der Waals surface area contributed by atoms with Crippen molar-refractivity contribution in [3.05, 3.63) is 263 Å². The number of aromatic nitrogens is 6. The lowest BCUT2D eigenvalue weighted by molar-refractivity contribution is 0.0188. The fourth-order valence-electron chi connectivity index (χ4n) is 20.0. The number of rotatable bonds is 21. The van der Waals surface area contributed by atoms with Crippen LogP contribution in [-0.2, 0) is 80.7 Å². The molecule has 30 heteroatoms. The summed E-state index contributed by atoms with van der Waals surface area (Å²) in [5.41, 5.74) is 12.4. The molecule has 134 heavy (non-hydrogen) atoms. The summed E-state index contributed by atoms with van der Waals surface area (Å²) in [4.78, 5) is 92.5. The van der Waals surface area contributed by atoms with Crippen molar-refractivity contribution in [3.8, 4) is 18.0 Å². The van der Waals surface area contributed by atoms with Crippen LogP contribution in [0.15, 0.2) is 158 Å². The van der Waals surface area contributed by atoms with Crippen LogP contribution in [0.4, 0.5) is 26.0 Å². The minimum atomic E-state index is -0.504. The number of carbonyl (C=O) groups is 3. The number of likely N-dealkylation sites (tertiary alicyclic amines) is 4. The van der Waals surface area contributed by atoms with Gasteiger partial charge in [-0.05, 0) is 182 Å². The first kappa shape index (κ1) is 94.2. The SMILES string of the molecule is Cc1cccc2cccc(C3Cc4nc(OC[C@@H]5CCCN5C)nc(C5CCN(C(=O)OC(C)(C)C)CC5)c4CO3)c12.[C-]#[N+]C[C@H]1CN(c2nc(OC[C@@H]3CCCN3C)nc3c2COC(c2ccccc2Cl)C3)CCN1C(=O)OCc1ccccc1.[C-]#[N+]C[C@H]1CN(c2nc(OC[C@H]3CCCN3C)nc3c2COC(c2cccc4cccc(Cl)c24)C3)CCN1C(=O)OCc1ccccc1. The van der Waals surface area contributed by atoms with Gasteiger partial charge in [-0.3, -0.25) is 9.80 Å². The van der Waals surface area contributed by atoms with Gasteiger partial charge in [0.25, 0.3) is 0 Å². The Morgan fingerprint density at radius 1 is 0.440 bits per heavy atom. The number of hydrogen-bond acceptors (Lipinski definition) is 23. The number of halogens is 2. The Morgan fingerprint density at radius 2 is 0.851 bits per heavy atom. The molecule has 12 heterocycles. The van der Waals surface area contributed by atoms with Gasteiger partial charge in [0.1, 0.15) is 62.4 Å². The molecule has 0 radical (unpaired) electrons. The standard InChI is InChI=1S/C37H39ClN6O4.C34H44N4O4.C33H37ClN6O4/c1-39-20-28-21-43(17-18-44(28)37(45)48-22-25-9-4-3-5-10-25)35-30-24-46-33(29-14-6-11-26-12-7-15-31(38)34(26)29)19-32(30)40-36(41-35)47-23-27-13-8-16-42(27)2;1-22-9-6-10-23-11-7-13-26(30(22)23)29-19-28-27(21-40-29)31(36-32(35-28)41-20-25-12-8-16-37(25)5)24-14-17-38(18-15-24)33(39)42-34(2,3)4;1-35-18-25-19-39(15-16-40(25)33(41)44-20-23-9-4-3-5-10-23)31-27-22-42-30(26-12-6-7-13-28(26)34)17-29(27)36-32(37-31)43-21-24-11-8-14-38(24)2/h3-7,9-12,14-15,27-28,33H,8,13,16-24H2,2H3;6-7,9-11,13,24-25,29H,8,12,14-21H2,1-5H3;3-7,9-10,12-13,24-25,30H,8,11,14-22H2,2H3/t27-,28+,33?;25-,29?;24-,25-,30?/m100/s1. The van der Waals surface area contributed by atoms with Crippen molar-refractivity contribution in [2.75, 3.05) is 136 Å². The number of ether oxygens (including phenoxy) is 9. The van der Waals surface area contributed by atoms with Crippen molar-refractivity contribution in [1.29, 1.82) is 0 Å². The zero-order valence-corrected chi connectivity index (χ0v) is 79.2. The molecule has 3 amide bonds. The van der Waals surface area contributed by atoms with E-state index in [1.165, 1.54) is 28.3 Å². The monoisotopic (exact) mass is 1850 g/mol. The molecular weight excluding hydrogens is 1740 g/mol. The summed E-state index contributed by atoms with van der Waals surface area (Å²) >= 11 is 13.2. The maximum atomic E-state index is 13.2. The van der Waals surface area contributed by atoms with E-state index in [9.17, 15) is 14.4 Å². The van der Waals surface area contributed by atoms with Crippen LogP contribution in [-0.4, -0.2) is 239 Å². The molecule has 7 aromatic carbocycles. The van der Waals surface area contributed by atoms with E-state index >= 15 is 0 Å². The molecule has 3 unspecified atom stereocenters. The summed E-state index contributed by atoms with van der Waals surface area (Å²) in [7, 11) is 6.40. The van der Waals surface area contributed by atoms with Crippen molar-refractivity contribution in [3.63, 3.8) is 0 Å². The average molecular weight is 1860 g/mol. The second-order valence-electron chi connectivity index (χ2n) is 37.4. The van der Waals surface area contributed by atoms with Gasteiger partial charge in [0, 0.05) is 128 Å². The smallest absolute Gasteiger partial charge is 0.410 e. The van der Waals surface area contributed by atoms with Gasteiger partial charge < -0.3 is 81.7 Å². The zero-order valence-electron chi connectivity index (χ0n) is 77.6. The molecule has 0 aliphatic carbocycles. The maximum Gasteiger partial charge on any atom is 0.410 e. The third kappa shape index (κ3) is 22.5. The second kappa shape index (κ2) is 43.4. The Balaban J connectivity index is 0.000000140. The van der Waals surface area contributed by atoms with E-state index < -0.39 is 17.8 Å². The lowest BCUT2D eigenvalue weighted by atomic mass is 9.87. The number of hydrogen-bond donors (Lipinski definition) is 0. The number of aryl methyl sites for hydroxylation is 1. The Labute approximate surface area is 795 Å². The number of piperidine rings is 1. The number of fused-ring (bicyclic) bond motifs is 5. The molecule has 0 bridgehead atoms. The topological polar surface area (TPSA) is 246 Å². The van der Waals surface area contributed by atoms with Crippen LogP contribution < -0.4 is 24.0 Å². The van der Waals surface area contributed by atoms with Crippen molar-refractivity contribution < 1.29 is 57.0 Å². The minimum absolute atomic E-state index is 0.0899. The highest BCUT2D eigenvalue weighted by Gasteiger charge is 2.42. The average Bonchev–Trinajstić information content (AvgIpc) is 0.839. The maximum absolute atomic E-state index is 13.2. The molecule has 9 aliphatic heterocycles. The van der Waals surface area contributed by atoms with Crippen LogP contribution in [0.2, 0.25) is 10.0 Å². The summed E-state index contributed by atoms with van der Waals surface area (Å²) in [5, 5.41) is 5.89. The molecule has 6 fully saturated rings. The van der Waals surface area contributed by atoms with Crippen LogP contribution in [0.3, 0.4) is 0 Å². The molecule has 28 nitrogen and oxygen atoms in total. The quantitative estimate of drug-likeness (QED) is 0.0479. The molecule has 3 aromatic heterocycles. The number of carbonyl (C=O) groups excluding carboxylic acids is 3. The van der Waals surface area contributed by atoms with E-state index in [0.29, 0.717) is 157 Å². The first-order valence-corrected chi connectivity index (χ1v) is 47.9. The van der Waals surface area contributed by atoms with Crippen LogP contribution >= 0.6 is 23.2 Å². The molecule has 0 spiro atoms. The number of benzene rings is 7. The third-order valence-corrected chi connectivity index (χ3v) is 28.1. The largest absolute Gasteiger partial charge is 0.462 e. The molecule has 0 N–H and O–H groups in total. The number of nitrogens with zero attached hydrogens (tertiary/aromatic N) is 16. The first-order valence-electron chi connectivity index (χ1n) is 47.2. The van der Waals surface area contributed by atoms with Gasteiger partial charge in [0.2, 0.25) is 13.1 Å². The van der Waals surface area contributed by atoms with Crippen LogP contribution in [0.25, 0.3) is 31.2 Å². The van der Waals surface area contributed by atoms with Crippen molar-refractivity contribution >= 4 is 74.7 Å². The summed E-state index contributed by atoms with van der Waals surface area (Å²) in [6, 6.07) is 53.4. The molecule has 9 aliphatic rings. The normalized spacial score (nSPS) is 21.6. The number of anilines is 2. The number of piperazine rings is 2. The van der Waals surface area contributed by atoms with Crippen LogP contribution in [0, 0.1) is 20.1 Å². The molecule has 8 atom stereocenters. The number of likely N-dealkylation sites (N-methyl/N-ethyl adjacent to an activating group) is 3. The zero-order chi connectivity index (χ0) is 92.9. The molecule has 6 saturated heterocycles. The Hall–Kier alpha value is -11.6. The number of amides is 3. The fraction of sp³-hybridized carbons (Fsp3) is 0.471. The third-order valence-electron chi connectivity index (χ3n) is 27.4. The first-order chi connectivity index (χ1) is 65.1. The highest BCUT2D eigenvalue weighted by Crippen LogP contribution is 2.45. The van der Waals surface area contributed by atoms with E-state index in [-0.39, 0.29) is 68.7 Å². The van der Waals surface area contributed by atoms with E-state index in [0.717, 1.165) is 149 Å². The van der Waals surface area contributed by atoms with E-state index in [1.54, 1.807) is 9.80 Å². The van der Waals surface area contributed by atoms with Crippen molar-refractivity contribution in [2.45, 2.75) is 191 Å². The molecule has 0 saturated carbocycles. The summed E-state index contributed by atoms with van der Waals surface area (Å²) < 4.78 is 55.2. The van der Waals surface area contributed by atoms with Gasteiger partial charge in [-0.25, -0.2) is 27.5 Å². The fourth-order valence-corrected chi connectivity index (χ4v) is 20.5. The van der Waals surface area contributed by atoms with Gasteiger partial charge in [-0.15, -0.1) is 0 Å². The Bertz CT molecular complexity index is 5870. The van der Waals surface area contributed by atoms with Gasteiger partial charge in [-0.2, -0.15) is 29.9 Å². The van der Waals surface area contributed by atoms with E-state index in [4.69, 9.17) is 109 Å². The lowest BCUT2D eigenvalue weighted by Gasteiger charge is -2.40.